The van der Waals surface area contributed by atoms with Gasteiger partial charge in [0.1, 0.15) is 5.75 Å². The first kappa shape index (κ1) is 14.5. The molecule has 0 aliphatic heterocycles. The summed E-state index contributed by atoms with van der Waals surface area (Å²) < 4.78 is 5.13. The predicted octanol–water partition coefficient (Wildman–Crippen LogP) is 1.44. The van der Waals surface area contributed by atoms with Crippen molar-refractivity contribution in [2.24, 2.45) is 5.73 Å². The summed E-state index contributed by atoms with van der Waals surface area (Å²) in [5.74, 6) is 0.700. The molecule has 1 aromatic carbocycles. The molecule has 4 heteroatoms. The van der Waals surface area contributed by atoms with E-state index in [1.54, 1.807) is 14.0 Å². The molecule has 18 heavy (non-hydrogen) atoms. The highest BCUT2D eigenvalue weighted by Crippen LogP contribution is 2.24. The number of hydrogen-bond donors (Lipinski definition) is 2. The van der Waals surface area contributed by atoms with Crippen LogP contribution in [0.4, 0.5) is 0 Å². The summed E-state index contributed by atoms with van der Waals surface area (Å²) in [6.07, 6.45) is 0. The largest absolute Gasteiger partial charge is 0.497 e. The van der Waals surface area contributed by atoms with Crippen LogP contribution in [0.2, 0.25) is 0 Å². The Morgan fingerprint density at radius 3 is 2.39 bits per heavy atom. The molecule has 0 saturated heterocycles. The van der Waals surface area contributed by atoms with Gasteiger partial charge in [0, 0.05) is 12.0 Å². The number of nitrogens with one attached hydrogen (secondary N) is 1. The Morgan fingerprint density at radius 1 is 1.39 bits per heavy atom. The average molecular weight is 250 g/mol. The van der Waals surface area contributed by atoms with Crippen LogP contribution in [0.5, 0.6) is 5.75 Å². The second kappa shape index (κ2) is 5.87. The Bertz CT molecular complexity index is 397. The number of ether oxygens (including phenoxy) is 1. The summed E-state index contributed by atoms with van der Waals surface area (Å²) in [6, 6.07) is 7.39. The van der Waals surface area contributed by atoms with Gasteiger partial charge in [-0.15, -0.1) is 0 Å². The first-order chi connectivity index (χ1) is 8.36. The molecule has 100 valence electrons. The van der Waals surface area contributed by atoms with E-state index in [0.717, 1.165) is 11.3 Å². The van der Waals surface area contributed by atoms with Gasteiger partial charge < -0.3 is 15.8 Å². The summed E-state index contributed by atoms with van der Waals surface area (Å²) in [5.41, 5.74) is 6.52. The monoisotopic (exact) mass is 250 g/mol. The van der Waals surface area contributed by atoms with Gasteiger partial charge in [-0.25, -0.2) is 0 Å². The minimum atomic E-state index is -0.475. The molecule has 0 heterocycles. The molecule has 0 fully saturated rings. The summed E-state index contributed by atoms with van der Waals surface area (Å²) in [4.78, 5) is 11.5. The Hall–Kier alpha value is -1.55. The highest BCUT2D eigenvalue weighted by atomic mass is 16.5. The van der Waals surface area contributed by atoms with E-state index in [4.69, 9.17) is 10.5 Å². The maximum Gasteiger partial charge on any atom is 0.236 e. The predicted molar refractivity (Wildman–Crippen MR) is 72.7 cm³/mol. The lowest BCUT2D eigenvalue weighted by Crippen LogP contribution is -2.43. The summed E-state index contributed by atoms with van der Waals surface area (Å²) in [5, 5.41) is 2.85. The molecular weight excluding hydrogens is 228 g/mol. The van der Waals surface area contributed by atoms with Crippen molar-refractivity contribution in [3.8, 4) is 5.75 Å². The number of nitrogens with two attached hydrogens (primary N) is 1. The first-order valence-corrected chi connectivity index (χ1v) is 6.04. The zero-order valence-corrected chi connectivity index (χ0v) is 11.5. The molecule has 0 saturated carbocycles. The van der Waals surface area contributed by atoms with Crippen LogP contribution >= 0.6 is 0 Å². The molecule has 1 aromatic rings. The second-order valence-corrected chi connectivity index (χ2v) is 5.12. The molecule has 0 aliphatic carbocycles. The van der Waals surface area contributed by atoms with E-state index in [9.17, 15) is 4.79 Å². The molecule has 3 N–H and O–H groups in total. The highest BCUT2D eigenvalue weighted by molar-refractivity contribution is 5.81. The molecule has 1 rings (SSSR count). The van der Waals surface area contributed by atoms with Crippen LogP contribution in [0.25, 0.3) is 0 Å². The topological polar surface area (TPSA) is 64.3 Å². The van der Waals surface area contributed by atoms with Crippen molar-refractivity contribution in [3.05, 3.63) is 29.8 Å². The molecule has 1 amide bonds. The van der Waals surface area contributed by atoms with Crippen molar-refractivity contribution in [1.29, 1.82) is 0 Å². The van der Waals surface area contributed by atoms with Crippen molar-refractivity contribution >= 4 is 5.91 Å². The zero-order chi connectivity index (χ0) is 13.8. The van der Waals surface area contributed by atoms with Gasteiger partial charge in [-0.05, 0) is 24.6 Å². The fourth-order valence-electron chi connectivity index (χ4n) is 1.61. The smallest absolute Gasteiger partial charge is 0.236 e. The van der Waals surface area contributed by atoms with Gasteiger partial charge >= 0.3 is 0 Å². The molecule has 0 spiro atoms. The van der Waals surface area contributed by atoms with Crippen LogP contribution in [0.3, 0.4) is 0 Å². The standard InChI is InChI=1S/C14H22N2O2/c1-10(15)13(17)16-9-14(2,3)11-5-7-12(18-4)8-6-11/h5-8,10H,9,15H2,1-4H3,(H,16,17). The first-order valence-electron chi connectivity index (χ1n) is 6.04. The van der Waals surface area contributed by atoms with Gasteiger partial charge in [-0.1, -0.05) is 26.0 Å². The average Bonchev–Trinajstić information content (AvgIpc) is 2.36. The third-order valence-corrected chi connectivity index (χ3v) is 2.99. The van der Waals surface area contributed by atoms with E-state index in [2.05, 4.69) is 19.2 Å². The number of hydrogen-bond acceptors (Lipinski definition) is 3. The SMILES string of the molecule is COc1ccc(C(C)(C)CNC(=O)C(C)N)cc1. The fraction of sp³-hybridized carbons (Fsp3) is 0.500. The van der Waals surface area contributed by atoms with Crippen LogP contribution in [0, 0.1) is 0 Å². The summed E-state index contributed by atoms with van der Waals surface area (Å²) >= 11 is 0. The van der Waals surface area contributed by atoms with E-state index in [-0.39, 0.29) is 11.3 Å². The van der Waals surface area contributed by atoms with Crippen molar-refractivity contribution in [1.82, 2.24) is 5.32 Å². The quantitative estimate of drug-likeness (QED) is 0.831. The number of amides is 1. The summed E-state index contributed by atoms with van der Waals surface area (Å²) in [6.45, 7) is 6.39. The van der Waals surface area contributed by atoms with Gasteiger partial charge in [0.05, 0.1) is 13.2 Å². The third kappa shape index (κ3) is 3.74. The number of methoxy groups -OCH3 is 1. The molecule has 1 atom stereocenters. The minimum Gasteiger partial charge on any atom is -0.497 e. The van der Waals surface area contributed by atoms with Crippen LogP contribution < -0.4 is 15.8 Å². The molecule has 1 unspecified atom stereocenters. The Labute approximate surface area is 109 Å². The molecular formula is C14H22N2O2. The lowest BCUT2D eigenvalue weighted by molar-refractivity contribution is -0.122. The Morgan fingerprint density at radius 2 is 1.94 bits per heavy atom. The maximum atomic E-state index is 11.5. The lowest BCUT2D eigenvalue weighted by atomic mass is 9.84. The van der Waals surface area contributed by atoms with E-state index in [1.165, 1.54) is 0 Å². The highest BCUT2D eigenvalue weighted by Gasteiger charge is 2.22. The van der Waals surface area contributed by atoms with Gasteiger partial charge in [-0.3, -0.25) is 4.79 Å². The Kier molecular flexibility index (Phi) is 4.73. The maximum absolute atomic E-state index is 11.5. The number of benzene rings is 1. The van der Waals surface area contributed by atoms with E-state index in [0.29, 0.717) is 6.54 Å². The number of carbonyl (C=O) groups excluding carboxylic acids is 1. The van der Waals surface area contributed by atoms with Gasteiger partial charge in [0.2, 0.25) is 5.91 Å². The second-order valence-electron chi connectivity index (χ2n) is 5.12. The van der Waals surface area contributed by atoms with Crippen molar-refractivity contribution in [2.45, 2.75) is 32.2 Å². The molecule has 4 nitrogen and oxygen atoms in total. The van der Waals surface area contributed by atoms with E-state index >= 15 is 0 Å². The molecule has 0 bridgehead atoms. The summed E-state index contributed by atoms with van der Waals surface area (Å²) in [7, 11) is 1.64. The molecule has 0 aliphatic rings. The number of carbonyl (C=O) groups is 1. The molecule has 0 aromatic heterocycles. The van der Waals surface area contributed by atoms with Gasteiger partial charge in [-0.2, -0.15) is 0 Å². The normalized spacial score (nSPS) is 12.9. The Balaban J connectivity index is 2.69. The fourth-order valence-corrected chi connectivity index (χ4v) is 1.61. The van der Waals surface area contributed by atoms with Crippen LogP contribution in [0.15, 0.2) is 24.3 Å². The van der Waals surface area contributed by atoms with Crippen LogP contribution in [0.1, 0.15) is 26.3 Å². The van der Waals surface area contributed by atoms with E-state index < -0.39 is 6.04 Å². The van der Waals surface area contributed by atoms with Crippen LogP contribution in [-0.4, -0.2) is 25.6 Å². The third-order valence-electron chi connectivity index (χ3n) is 2.99. The number of rotatable bonds is 5. The van der Waals surface area contributed by atoms with Gasteiger partial charge in [0.15, 0.2) is 0 Å². The minimum absolute atomic E-state index is 0.128. The lowest BCUT2D eigenvalue weighted by Gasteiger charge is -2.26. The van der Waals surface area contributed by atoms with Crippen molar-refractivity contribution in [2.75, 3.05) is 13.7 Å². The van der Waals surface area contributed by atoms with E-state index in [1.807, 2.05) is 24.3 Å². The zero-order valence-electron chi connectivity index (χ0n) is 11.5. The molecule has 0 radical (unpaired) electrons. The van der Waals surface area contributed by atoms with Crippen LogP contribution in [-0.2, 0) is 10.2 Å². The van der Waals surface area contributed by atoms with Crippen molar-refractivity contribution in [3.63, 3.8) is 0 Å². The van der Waals surface area contributed by atoms with Gasteiger partial charge in [0.25, 0.3) is 0 Å². The van der Waals surface area contributed by atoms with Crippen molar-refractivity contribution < 1.29 is 9.53 Å².